The molecule has 9 nitrogen and oxygen atoms in total. The van der Waals surface area contributed by atoms with Gasteiger partial charge in [-0.05, 0) is 31.2 Å². The van der Waals surface area contributed by atoms with E-state index in [-0.39, 0.29) is 11.1 Å². The first-order chi connectivity index (χ1) is 13.8. The molecule has 1 N–H and O–H groups in total. The van der Waals surface area contributed by atoms with E-state index in [0.29, 0.717) is 17.2 Å². The number of anilines is 1. The number of nitrogens with one attached hydrogen (secondary N) is 1. The number of amides is 1. The molecule has 3 rings (SSSR count). The zero-order chi connectivity index (χ0) is 21.0. The van der Waals surface area contributed by atoms with Crippen molar-refractivity contribution in [3.05, 3.63) is 98.1 Å². The van der Waals surface area contributed by atoms with Crippen LogP contribution in [0.4, 0.5) is 17.1 Å². The summed E-state index contributed by atoms with van der Waals surface area (Å²) in [5.41, 5.74) is -0.772. The van der Waals surface area contributed by atoms with Crippen LogP contribution in [0.3, 0.4) is 0 Å². The maximum Gasteiger partial charge on any atom is 0.279 e. The lowest BCUT2D eigenvalue weighted by Gasteiger charge is -2.10. The summed E-state index contributed by atoms with van der Waals surface area (Å²) in [5.74, 6) is 0.378. The molecule has 3 aromatic carbocycles. The second-order valence-electron chi connectivity index (χ2n) is 6.05. The van der Waals surface area contributed by atoms with E-state index in [4.69, 9.17) is 4.74 Å². The van der Waals surface area contributed by atoms with Crippen molar-refractivity contribution in [3.8, 4) is 11.5 Å². The summed E-state index contributed by atoms with van der Waals surface area (Å²) in [6.07, 6.45) is 0. The number of benzene rings is 3. The molecule has 0 spiro atoms. The van der Waals surface area contributed by atoms with Crippen molar-refractivity contribution in [2.75, 3.05) is 5.32 Å². The zero-order valence-corrected chi connectivity index (χ0v) is 15.2. The molecule has 1 amide bonds. The van der Waals surface area contributed by atoms with Gasteiger partial charge in [0.05, 0.1) is 21.5 Å². The number of carbonyl (C=O) groups is 1. The van der Waals surface area contributed by atoms with Crippen LogP contribution in [0.25, 0.3) is 0 Å². The first-order valence-electron chi connectivity index (χ1n) is 8.43. The minimum absolute atomic E-state index is 0.0368. The minimum Gasteiger partial charge on any atom is -0.457 e. The molecular formula is C20H15N3O6. The van der Waals surface area contributed by atoms with E-state index in [1.54, 1.807) is 36.4 Å². The van der Waals surface area contributed by atoms with E-state index in [0.717, 1.165) is 12.1 Å². The summed E-state index contributed by atoms with van der Waals surface area (Å²) in [6.45, 7) is 1.37. The molecule has 0 aromatic heterocycles. The molecular weight excluding hydrogens is 378 g/mol. The third kappa shape index (κ3) is 4.53. The summed E-state index contributed by atoms with van der Waals surface area (Å²) in [6, 6.07) is 17.4. The van der Waals surface area contributed by atoms with Gasteiger partial charge in [0.15, 0.2) is 0 Å². The molecule has 0 aliphatic carbocycles. The fraction of sp³-hybridized carbons (Fsp3) is 0.0500. The molecule has 0 bridgehead atoms. The number of para-hydroxylation sites is 1. The average molecular weight is 393 g/mol. The molecule has 0 saturated carbocycles. The Morgan fingerprint density at radius 1 is 0.897 bits per heavy atom. The van der Waals surface area contributed by atoms with Crippen LogP contribution in [0, 0.1) is 27.2 Å². The number of hydrogen-bond acceptors (Lipinski definition) is 6. The molecule has 0 fully saturated rings. The van der Waals surface area contributed by atoms with Crippen molar-refractivity contribution in [1.29, 1.82) is 0 Å². The molecule has 0 heterocycles. The fourth-order valence-corrected chi connectivity index (χ4v) is 2.68. The predicted octanol–water partition coefficient (Wildman–Crippen LogP) is 4.86. The first-order valence-corrected chi connectivity index (χ1v) is 8.43. The first kappa shape index (κ1) is 19.5. The second-order valence-corrected chi connectivity index (χ2v) is 6.05. The van der Waals surface area contributed by atoms with Gasteiger partial charge in [-0.25, -0.2) is 0 Å². The summed E-state index contributed by atoms with van der Waals surface area (Å²) in [7, 11) is 0. The number of nitro benzene ring substituents is 2. The Balaban J connectivity index is 1.88. The van der Waals surface area contributed by atoms with Gasteiger partial charge in [0.1, 0.15) is 11.5 Å². The summed E-state index contributed by atoms with van der Waals surface area (Å²) >= 11 is 0. The van der Waals surface area contributed by atoms with Gasteiger partial charge in [0, 0.05) is 23.4 Å². The van der Waals surface area contributed by atoms with Gasteiger partial charge in [-0.15, -0.1) is 0 Å². The number of carbonyl (C=O) groups excluding carboxylic acids is 1. The van der Waals surface area contributed by atoms with Gasteiger partial charge in [-0.1, -0.05) is 24.3 Å². The molecule has 0 aliphatic rings. The molecule has 0 atom stereocenters. The molecule has 29 heavy (non-hydrogen) atoms. The van der Waals surface area contributed by atoms with E-state index in [9.17, 15) is 25.0 Å². The molecule has 9 heteroatoms. The Morgan fingerprint density at radius 2 is 1.59 bits per heavy atom. The van der Waals surface area contributed by atoms with Crippen molar-refractivity contribution in [2.24, 2.45) is 0 Å². The largest absolute Gasteiger partial charge is 0.457 e. The topological polar surface area (TPSA) is 125 Å². The highest BCUT2D eigenvalue weighted by Crippen LogP contribution is 2.29. The number of hydrogen-bond donors (Lipinski definition) is 1. The van der Waals surface area contributed by atoms with Gasteiger partial charge < -0.3 is 10.1 Å². The maximum absolute atomic E-state index is 12.7. The van der Waals surface area contributed by atoms with Crippen LogP contribution < -0.4 is 10.1 Å². The lowest BCUT2D eigenvalue weighted by atomic mass is 10.0. The monoisotopic (exact) mass is 393 g/mol. The van der Waals surface area contributed by atoms with Crippen molar-refractivity contribution >= 4 is 23.0 Å². The van der Waals surface area contributed by atoms with Crippen molar-refractivity contribution in [1.82, 2.24) is 0 Å². The Kier molecular flexibility index (Phi) is 5.49. The predicted molar refractivity (Wildman–Crippen MR) is 105 cm³/mol. The van der Waals surface area contributed by atoms with Crippen molar-refractivity contribution in [3.63, 3.8) is 0 Å². The van der Waals surface area contributed by atoms with Crippen LogP contribution in [0.15, 0.2) is 66.7 Å². The Labute approximate surface area is 164 Å². The molecule has 0 radical (unpaired) electrons. The van der Waals surface area contributed by atoms with E-state index < -0.39 is 27.1 Å². The van der Waals surface area contributed by atoms with Gasteiger partial charge in [-0.3, -0.25) is 25.0 Å². The van der Waals surface area contributed by atoms with E-state index in [1.165, 1.54) is 6.92 Å². The van der Waals surface area contributed by atoms with E-state index in [2.05, 4.69) is 5.32 Å². The highest BCUT2D eigenvalue weighted by Gasteiger charge is 2.24. The molecule has 146 valence electrons. The van der Waals surface area contributed by atoms with Gasteiger partial charge >= 0.3 is 0 Å². The normalized spacial score (nSPS) is 10.2. The maximum atomic E-state index is 12.7. The Bertz CT molecular complexity index is 1100. The van der Waals surface area contributed by atoms with Crippen LogP contribution in [0.1, 0.15) is 15.9 Å². The van der Waals surface area contributed by atoms with Crippen LogP contribution in [0.2, 0.25) is 0 Å². The zero-order valence-electron chi connectivity index (χ0n) is 15.2. The third-order valence-corrected chi connectivity index (χ3v) is 4.09. The second kappa shape index (κ2) is 8.17. The molecule has 0 saturated heterocycles. The van der Waals surface area contributed by atoms with Gasteiger partial charge in [-0.2, -0.15) is 0 Å². The lowest BCUT2D eigenvalue weighted by Crippen LogP contribution is -2.14. The SMILES string of the molecule is Cc1c(C(=O)Nc2cccc(Oc3ccccc3)c2)cc([N+](=O)[O-])cc1[N+](=O)[O-]. The van der Waals surface area contributed by atoms with Crippen LogP contribution in [-0.2, 0) is 0 Å². The highest BCUT2D eigenvalue weighted by atomic mass is 16.6. The van der Waals surface area contributed by atoms with E-state index >= 15 is 0 Å². The van der Waals surface area contributed by atoms with Crippen LogP contribution >= 0.6 is 0 Å². The van der Waals surface area contributed by atoms with Gasteiger partial charge in [0.2, 0.25) is 0 Å². The van der Waals surface area contributed by atoms with Crippen LogP contribution in [0.5, 0.6) is 11.5 Å². The number of rotatable bonds is 6. The quantitative estimate of drug-likeness (QED) is 0.471. The van der Waals surface area contributed by atoms with E-state index in [1.807, 2.05) is 18.2 Å². The lowest BCUT2D eigenvalue weighted by molar-refractivity contribution is -0.394. The fourth-order valence-electron chi connectivity index (χ4n) is 2.68. The molecule has 0 aliphatic heterocycles. The molecule has 3 aromatic rings. The van der Waals surface area contributed by atoms with Crippen LogP contribution in [-0.4, -0.2) is 15.8 Å². The number of ether oxygens (including phenoxy) is 1. The Hall–Kier alpha value is -4.27. The van der Waals surface area contributed by atoms with Crippen molar-refractivity contribution < 1.29 is 19.4 Å². The van der Waals surface area contributed by atoms with Gasteiger partial charge in [0.25, 0.3) is 17.3 Å². The standard InChI is InChI=1S/C20H15N3O6/c1-13-18(11-15(22(25)26)12-19(13)23(27)28)20(24)21-14-6-5-9-17(10-14)29-16-7-3-2-4-8-16/h2-12H,1H3,(H,21,24). The summed E-state index contributed by atoms with van der Waals surface area (Å²) < 4.78 is 5.70. The number of nitro groups is 2. The number of nitrogens with zero attached hydrogens (tertiary/aromatic N) is 2. The Morgan fingerprint density at radius 3 is 2.24 bits per heavy atom. The summed E-state index contributed by atoms with van der Waals surface area (Å²) in [4.78, 5) is 33.4. The smallest absolute Gasteiger partial charge is 0.279 e. The third-order valence-electron chi connectivity index (χ3n) is 4.09. The average Bonchev–Trinajstić information content (AvgIpc) is 2.68. The summed E-state index contributed by atoms with van der Waals surface area (Å²) in [5, 5.41) is 24.8. The minimum atomic E-state index is -0.780. The molecule has 0 unspecified atom stereocenters. The van der Waals surface area contributed by atoms with Crippen molar-refractivity contribution in [2.45, 2.75) is 6.92 Å². The highest BCUT2D eigenvalue weighted by molar-refractivity contribution is 6.06. The number of non-ortho nitro benzene ring substituents is 1.